The zero-order valence-corrected chi connectivity index (χ0v) is 14.0. The molecule has 1 fully saturated rings. The minimum Gasteiger partial charge on any atom is -0.322 e. The predicted octanol–water partition coefficient (Wildman–Crippen LogP) is 1.34. The maximum atomic E-state index is 12.4. The molecule has 1 N–H and O–H groups in total. The Bertz CT molecular complexity index is 675. The zero-order valence-electron chi connectivity index (χ0n) is 14.0. The maximum Gasteiger partial charge on any atom is 0.238 e. The summed E-state index contributed by atoms with van der Waals surface area (Å²) in [5.74, 6) is 0.0246. The van der Waals surface area contributed by atoms with Crippen molar-refractivity contribution in [1.29, 1.82) is 0 Å². The van der Waals surface area contributed by atoms with Gasteiger partial charge in [-0.1, -0.05) is 0 Å². The number of hydrogen-bond acceptors (Lipinski definition) is 4. The Hall–Kier alpha value is -2.15. The number of aryl methyl sites for hydroxylation is 2. The minimum absolute atomic E-state index is 0.0246. The third-order valence-electron chi connectivity index (χ3n) is 4.58. The topological polar surface area (TPSA) is 68.0 Å². The second kappa shape index (κ2) is 6.54. The molecular weight excluding hydrogens is 292 g/mol. The van der Waals surface area contributed by atoms with Crippen molar-refractivity contribution in [1.82, 2.24) is 24.5 Å². The number of likely N-dealkylation sites (tertiary alicyclic amines) is 1. The van der Waals surface area contributed by atoms with Gasteiger partial charge in [-0.25, -0.2) is 0 Å². The molecule has 0 bridgehead atoms. The molecule has 0 aliphatic carbocycles. The van der Waals surface area contributed by atoms with Crippen LogP contribution in [-0.4, -0.2) is 49.5 Å². The van der Waals surface area contributed by atoms with Gasteiger partial charge in [0.2, 0.25) is 5.91 Å². The lowest BCUT2D eigenvalue weighted by molar-refractivity contribution is -0.117. The van der Waals surface area contributed by atoms with Gasteiger partial charge >= 0.3 is 0 Å². The van der Waals surface area contributed by atoms with E-state index in [-0.39, 0.29) is 5.91 Å². The number of rotatable bonds is 5. The van der Waals surface area contributed by atoms with E-state index in [2.05, 4.69) is 20.4 Å². The van der Waals surface area contributed by atoms with Crippen molar-refractivity contribution < 1.29 is 4.79 Å². The highest BCUT2D eigenvalue weighted by Crippen LogP contribution is 2.20. The summed E-state index contributed by atoms with van der Waals surface area (Å²) >= 11 is 0. The lowest BCUT2D eigenvalue weighted by Crippen LogP contribution is -2.39. The second-order valence-corrected chi connectivity index (χ2v) is 6.21. The van der Waals surface area contributed by atoms with E-state index in [1.54, 1.807) is 10.9 Å². The first-order chi connectivity index (χ1) is 11.0. The lowest BCUT2D eigenvalue weighted by atomic mass is 10.2. The molecule has 3 heterocycles. The first kappa shape index (κ1) is 15.7. The Kier molecular flexibility index (Phi) is 4.47. The highest BCUT2D eigenvalue weighted by molar-refractivity contribution is 5.93. The first-order valence-corrected chi connectivity index (χ1v) is 8.06. The van der Waals surface area contributed by atoms with Crippen LogP contribution in [0.3, 0.4) is 0 Å². The molecule has 3 rings (SSSR count). The Labute approximate surface area is 136 Å². The SMILES string of the molecule is Cc1nn(C)c(C)c1NC(=O)CN1CCC[C@@H]1Cn1cccn1. The third kappa shape index (κ3) is 3.44. The summed E-state index contributed by atoms with van der Waals surface area (Å²) in [6.45, 7) is 6.10. The first-order valence-electron chi connectivity index (χ1n) is 8.06. The summed E-state index contributed by atoms with van der Waals surface area (Å²) in [5, 5.41) is 11.6. The molecule has 1 saturated heterocycles. The predicted molar refractivity (Wildman–Crippen MR) is 88.1 cm³/mol. The molecule has 0 unspecified atom stereocenters. The Morgan fingerprint density at radius 1 is 1.43 bits per heavy atom. The van der Waals surface area contributed by atoms with Crippen LogP contribution in [0.15, 0.2) is 18.5 Å². The van der Waals surface area contributed by atoms with E-state index >= 15 is 0 Å². The molecule has 1 aliphatic heterocycles. The number of amides is 1. The average molecular weight is 316 g/mol. The normalized spacial score (nSPS) is 18.5. The Balaban J connectivity index is 1.60. The van der Waals surface area contributed by atoms with Gasteiger partial charge in [0.15, 0.2) is 0 Å². The summed E-state index contributed by atoms with van der Waals surface area (Å²) in [6.07, 6.45) is 6.00. The maximum absolute atomic E-state index is 12.4. The Morgan fingerprint density at radius 2 is 2.26 bits per heavy atom. The number of nitrogens with one attached hydrogen (secondary N) is 1. The molecule has 1 amide bonds. The fourth-order valence-electron chi connectivity index (χ4n) is 3.25. The number of carbonyl (C=O) groups excluding carboxylic acids is 1. The fourth-order valence-corrected chi connectivity index (χ4v) is 3.25. The van der Waals surface area contributed by atoms with E-state index in [9.17, 15) is 4.79 Å². The van der Waals surface area contributed by atoms with Crippen LogP contribution in [0.4, 0.5) is 5.69 Å². The van der Waals surface area contributed by atoms with Crippen molar-refractivity contribution in [2.75, 3.05) is 18.4 Å². The molecular formula is C16H24N6O. The van der Waals surface area contributed by atoms with Crippen LogP contribution < -0.4 is 5.32 Å². The highest BCUT2D eigenvalue weighted by Gasteiger charge is 2.27. The van der Waals surface area contributed by atoms with Gasteiger partial charge in [0.1, 0.15) is 0 Å². The molecule has 1 atom stereocenters. The van der Waals surface area contributed by atoms with Gasteiger partial charge < -0.3 is 5.32 Å². The molecule has 0 aromatic carbocycles. The third-order valence-corrected chi connectivity index (χ3v) is 4.58. The van der Waals surface area contributed by atoms with Crippen LogP contribution >= 0.6 is 0 Å². The molecule has 2 aromatic heterocycles. The number of carbonyl (C=O) groups is 1. The van der Waals surface area contributed by atoms with E-state index in [4.69, 9.17) is 0 Å². The van der Waals surface area contributed by atoms with Gasteiger partial charge in [-0.05, 0) is 39.3 Å². The van der Waals surface area contributed by atoms with Crippen LogP contribution in [0.25, 0.3) is 0 Å². The van der Waals surface area contributed by atoms with Crippen LogP contribution in [-0.2, 0) is 18.4 Å². The zero-order chi connectivity index (χ0) is 16.4. The molecule has 7 nitrogen and oxygen atoms in total. The van der Waals surface area contributed by atoms with Gasteiger partial charge in [0.25, 0.3) is 0 Å². The molecule has 7 heteroatoms. The van der Waals surface area contributed by atoms with Gasteiger partial charge in [0, 0.05) is 25.5 Å². The van der Waals surface area contributed by atoms with Crippen molar-refractivity contribution in [2.45, 2.75) is 39.3 Å². The van der Waals surface area contributed by atoms with Gasteiger partial charge in [-0.2, -0.15) is 10.2 Å². The van der Waals surface area contributed by atoms with Crippen molar-refractivity contribution in [3.63, 3.8) is 0 Å². The van der Waals surface area contributed by atoms with Gasteiger partial charge in [0.05, 0.1) is 30.2 Å². The molecule has 1 aliphatic rings. The molecule has 2 aromatic rings. The van der Waals surface area contributed by atoms with E-state index < -0.39 is 0 Å². The van der Waals surface area contributed by atoms with Crippen molar-refractivity contribution in [3.8, 4) is 0 Å². The highest BCUT2D eigenvalue weighted by atomic mass is 16.2. The van der Waals surface area contributed by atoms with Crippen molar-refractivity contribution in [3.05, 3.63) is 29.8 Å². The largest absolute Gasteiger partial charge is 0.322 e. The lowest BCUT2D eigenvalue weighted by Gasteiger charge is -2.23. The summed E-state index contributed by atoms with van der Waals surface area (Å²) in [4.78, 5) is 14.7. The molecule has 0 saturated carbocycles. The van der Waals surface area contributed by atoms with Crippen LogP contribution in [0, 0.1) is 13.8 Å². The average Bonchev–Trinajstić information content (AvgIpc) is 3.21. The summed E-state index contributed by atoms with van der Waals surface area (Å²) in [5.41, 5.74) is 2.67. The molecule has 23 heavy (non-hydrogen) atoms. The number of hydrogen-bond donors (Lipinski definition) is 1. The smallest absolute Gasteiger partial charge is 0.238 e. The van der Waals surface area contributed by atoms with Crippen molar-refractivity contribution >= 4 is 11.6 Å². The molecule has 0 spiro atoms. The van der Waals surface area contributed by atoms with Crippen LogP contribution in [0.2, 0.25) is 0 Å². The van der Waals surface area contributed by atoms with Crippen LogP contribution in [0.5, 0.6) is 0 Å². The number of anilines is 1. The van der Waals surface area contributed by atoms with Gasteiger partial charge in [-0.3, -0.25) is 19.1 Å². The quantitative estimate of drug-likeness (QED) is 0.904. The number of aromatic nitrogens is 4. The van der Waals surface area contributed by atoms with E-state index in [1.807, 2.05) is 37.8 Å². The van der Waals surface area contributed by atoms with E-state index in [0.717, 1.165) is 43.0 Å². The number of nitrogens with zero attached hydrogens (tertiary/aromatic N) is 5. The van der Waals surface area contributed by atoms with Crippen molar-refractivity contribution in [2.24, 2.45) is 7.05 Å². The molecule has 124 valence electrons. The second-order valence-electron chi connectivity index (χ2n) is 6.21. The fraction of sp³-hybridized carbons (Fsp3) is 0.562. The Morgan fingerprint density at radius 3 is 2.91 bits per heavy atom. The molecule has 0 radical (unpaired) electrons. The monoisotopic (exact) mass is 316 g/mol. The minimum atomic E-state index is 0.0246. The van der Waals surface area contributed by atoms with E-state index in [0.29, 0.717) is 12.6 Å². The summed E-state index contributed by atoms with van der Waals surface area (Å²) < 4.78 is 3.73. The van der Waals surface area contributed by atoms with E-state index in [1.165, 1.54) is 0 Å². The summed E-state index contributed by atoms with van der Waals surface area (Å²) in [6, 6.07) is 2.30. The standard InChI is InChI=1S/C16H24N6O/c1-12-16(13(2)20(3)19-12)18-15(23)11-21-8-4-6-14(21)10-22-9-5-7-17-22/h5,7,9,14H,4,6,8,10-11H2,1-3H3,(H,18,23)/t14-/m1/s1. The summed E-state index contributed by atoms with van der Waals surface area (Å²) in [7, 11) is 1.89. The van der Waals surface area contributed by atoms with Crippen LogP contribution in [0.1, 0.15) is 24.2 Å². The van der Waals surface area contributed by atoms with Gasteiger partial charge in [-0.15, -0.1) is 0 Å².